The van der Waals surface area contributed by atoms with E-state index in [4.69, 9.17) is 16.6 Å². The second-order valence-electron chi connectivity index (χ2n) is 5.93. The lowest BCUT2D eigenvalue weighted by Gasteiger charge is -2.21. The summed E-state index contributed by atoms with van der Waals surface area (Å²) in [5.41, 5.74) is 1.67. The van der Waals surface area contributed by atoms with Crippen molar-refractivity contribution in [3.05, 3.63) is 33.8 Å². The summed E-state index contributed by atoms with van der Waals surface area (Å²) >= 11 is 8.88. The Morgan fingerprint density at radius 1 is 1.24 bits per heavy atom. The van der Waals surface area contributed by atoms with Crippen molar-refractivity contribution in [1.29, 1.82) is 0 Å². The maximum absolute atomic E-state index is 12.7. The van der Waals surface area contributed by atoms with Gasteiger partial charge in [0, 0.05) is 31.2 Å². The Bertz CT molecular complexity index is 924. The van der Waals surface area contributed by atoms with Crippen molar-refractivity contribution >= 4 is 55.7 Å². The average molecular weight is 394 g/mol. The summed E-state index contributed by atoms with van der Waals surface area (Å²) in [4.78, 5) is 22.2. The fourth-order valence-corrected chi connectivity index (χ4v) is 4.82. The molecule has 1 fully saturated rings. The smallest absolute Gasteiger partial charge is 0.267 e. The predicted octanol–water partition coefficient (Wildman–Crippen LogP) is 3.46. The number of hydrogen-bond acceptors (Lipinski definition) is 7. The van der Waals surface area contributed by atoms with Crippen molar-refractivity contribution < 1.29 is 4.79 Å². The highest BCUT2D eigenvalue weighted by Crippen LogP contribution is 2.31. The molecule has 0 bridgehead atoms. The zero-order valence-corrected chi connectivity index (χ0v) is 16.0. The van der Waals surface area contributed by atoms with E-state index in [1.807, 2.05) is 30.0 Å². The van der Waals surface area contributed by atoms with Crippen LogP contribution in [-0.4, -0.2) is 51.6 Å². The summed E-state index contributed by atoms with van der Waals surface area (Å²) in [7, 11) is 0. The van der Waals surface area contributed by atoms with Gasteiger partial charge in [-0.15, -0.1) is 5.10 Å². The molecule has 1 saturated heterocycles. The van der Waals surface area contributed by atoms with Gasteiger partial charge >= 0.3 is 0 Å². The molecule has 1 amide bonds. The Morgan fingerprint density at radius 3 is 2.92 bits per heavy atom. The number of thiazole rings is 1. The molecular weight excluding hydrogens is 378 g/mol. The van der Waals surface area contributed by atoms with E-state index in [1.165, 1.54) is 11.5 Å². The number of amides is 1. The maximum Gasteiger partial charge on any atom is 0.267 e. The van der Waals surface area contributed by atoms with Gasteiger partial charge in [0.25, 0.3) is 5.91 Å². The number of anilines is 1. The minimum Gasteiger partial charge on any atom is -0.346 e. The third kappa shape index (κ3) is 3.33. The van der Waals surface area contributed by atoms with Crippen LogP contribution >= 0.6 is 34.5 Å². The van der Waals surface area contributed by atoms with Gasteiger partial charge in [0.1, 0.15) is 4.88 Å². The topological polar surface area (TPSA) is 62.2 Å². The van der Waals surface area contributed by atoms with Crippen molar-refractivity contribution in [3.63, 3.8) is 0 Å². The normalized spacial score (nSPS) is 15.6. The zero-order valence-electron chi connectivity index (χ0n) is 13.6. The molecule has 1 aromatic carbocycles. The van der Waals surface area contributed by atoms with Crippen LogP contribution in [0.5, 0.6) is 0 Å². The van der Waals surface area contributed by atoms with E-state index in [0.717, 1.165) is 46.4 Å². The minimum absolute atomic E-state index is 0.0328. The van der Waals surface area contributed by atoms with E-state index in [-0.39, 0.29) is 5.91 Å². The van der Waals surface area contributed by atoms with Crippen molar-refractivity contribution in [2.75, 3.05) is 31.1 Å². The van der Waals surface area contributed by atoms with Crippen molar-refractivity contribution in [2.45, 2.75) is 13.3 Å². The molecular formula is C16H16ClN5OS2. The van der Waals surface area contributed by atoms with Gasteiger partial charge in [-0.3, -0.25) is 4.79 Å². The molecule has 2 aromatic heterocycles. The van der Waals surface area contributed by atoms with Gasteiger partial charge < -0.3 is 9.80 Å². The molecule has 1 aliphatic heterocycles. The quantitative estimate of drug-likeness (QED) is 0.667. The molecule has 0 unspecified atom stereocenters. The first kappa shape index (κ1) is 16.7. The van der Waals surface area contributed by atoms with Crippen LogP contribution in [0.4, 0.5) is 5.13 Å². The molecule has 4 rings (SSSR count). The van der Waals surface area contributed by atoms with Crippen LogP contribution in [0, 0.1) is 6.92 Å². The highest BCUT2D eigenvalue weighted by molar-refractivity contribution is 7.22. The monoisotopic (exact) mass is 393 g/mol. The third-order valence-corrected chi connectivity index (χ3v) is 6.37. The van der Waals surface area contributed by atoms with E-state index in [0.29, 0.717) is 17.1 Å². The number of aromatic nitrogens is 3. The van der Waals surface area contributed by atoms with Crippen molar-refractivity contribution in [2.24, 2.45) is 0 Å². The average Bonchev–Trinajstić information content (AvgIpc) is 3.12. The van der Waals surface area contributed by atoms with Gasteiger partial charge in [-0.1, -0.05) is 27.4 Å². The van der Waals surface area contributed by atoms with Crippen LogP contribution in [0.3, 0.4) is 0 Å². The molecule has 0 spiro atoms. The number of hydrogen-bond donors (Lipinski definition) is 0. The number of nitrogens with zero attached hydrogens (tertiary/aromatic N) is 5. The van der Waals surface area contributed by atoms with Gasteiger partial charge in [-0.25, -0.2) is 4.98 Å². The Morgan fingerprint density at radius 2 is 2.12 bits per heavy atom. The van der Waals surface area contributed by atoms with Crippen LogP contribution in [0.15, 0.2) is 18.2 Å². The first-order chi connectivity index (χ1) is 12.1. The fraction of sp³-hybridized carbons (Fsp3) is 0.375. The number of aryl methyl sites for hydroxylation is 1. The van der Waals surface area contributed by atoms with Crippen LogP contribution in [0.25, 0.3) is 10.2 Å². The van der Waals surface area contributed by atoms with Crippen LogP contribution in [0.1, 0.15) is 21.8 Å². The fourth-order valence-electron chi connectivity index (χ4n) is 2.90. The number of fused-ring (bicyclic) bond motifs is 1. The summed E-state index contributed by atoms with van der Waals surface area (Å²) in [6.07, 6.45) is 0.910. The van der Waals surface area contributed by atoms with Gasteiger partial charge in [0.05, 0.1) is 15.9 Å². The SMILES string of the molecule is Cc1nnsc1C(=O)N1CCCN(c2nc3ccc(Cl)cc3s2)CC1. The van der Waals surface area contributed by atoms with E-state index in [9.17, 15) is 4.79 Å². The Kier molecular flexibility index (Phi) is 4.58. The summed E-state index contributed by atoms with van der Waals surface area (Å²) in [6.45, 7) is 4.89. The largest absolute Gasteiger partial charge is 0.346 e. The predicted molar refractivity (Wildman–Crippen MR) is 102 cm³/mol. The molecule has 0 radical (unpaired) electrons. The molecule has 1 aliphatic rings. The van der Waals surface area contributed by atoms with Crippen LogP contribution in [-0.2, 0) is 0 Å². The third-order valence-electron chi connectivity index (χ3n) is 4.24. The lowest BCUT2D eigenvalue weighted by molar-refractivity contribution is 0.0771. The number of benzene rings is 1. The Labute approximate surface area is 158 Å². The molecule has 3 heterocycles. The molecule has 6 nitrogen and oxygen atoms in total. The van der Waals surface area contributed by atoms with Crippen LogP contribution < -0.4 is 4.90 Å². The lowest BCUT2D eigenvalue weighted by Crippen LogP contribution is -2.35. The highest BCUT2D eigenvalue weighted by Gasteiger charge is 2.24. The van der Waals surface area contributed by atoms with Gasteiger partial charge in [0.2, 0.25) is 0 Å². The molecule has 9 heteroatoms. The van der Waals surface area contributed by atoms with E-state index in [2.05, 4.69) is 14.5 Å². The van der Waals surface area contributed by atoms with Crippen LogP contribution in [0.2, 0.25) is 5.02 Å². The molecule has 0 N–H and O–H groups in total. The zero-order chi connectivity index (χ0) is 17.4. The van der Waals surface area contributed by atoms with E-state index in [1.54, 1.807) is 11.3 Å². The molecule has 0 atom stereocenters. The molecule has 130 valence electrons. The number of carbonyl (C=O) groups is 1. The standard InChI is InChI=1S/C16H16ClN5OS2/c1-10-14(25-20-19-10)15(23)21-5-2-6-22(8-7-21)16-18-12-4-3-11(17)9-13(12)24-16/h3-4,9H,2,5-8H2,1H3. The Balaban J connectivity index is 1.50. The van der Waals surface area contributed by atoms with Crippen molar-refractivity contribution in [3.8, 4) is 0 Å². The van der Waals surface area contributed by atoms with Crippen molar-refractivity contribution in [1.82, 2.24) is 19.5 Å². The molecule has 0 saturated carbocycles. The number of halogens is 1. The highest BCUT2D eigenvalue weighted by atomic mass is 35.5. The van der Waals surface area contributed by atoms with Gasteiger partial charge in [0.15, 0.2) is 5.13 Å². The summed E-state index contributed by atoms with van der Waals surface area (Å²) in [6, 6.07) is 5.76. The van der Waals surface area contributed by atoms with E-state index >= 15 is 0 Å². The number of rotatable bonds is 2. The second kappa shape index (κ2) is 6.86. The Hall–Kier alpha value is -1.77. The molecule has 0 aliphatic carbocycles. The molecule has 25 heavy (non-hydrogen) atoms. The first-order valence-electron chi connectivity index (χ1n) is 8.01. The summed E-state index contributed by atoms with van der Waals surface area (Å²) in [5.74, 6) is 0.0328. The minimum atomic E-state index is 0.0328. The number of carbonyl (C=O) groups excluding carboxylic acids is 1. The van der Waals surface area contributed by atoms with Gasteiger partial charge in [-0.2, -0.15) is 0 Å². The van der Waals surface area contributed by atoms with E-state index < -0.39 is 0 Å². The maximum atomic E-state index is 12.7. The second-order valence-corrected chi connectivity index (χ2v) is 8.13. The first-order valence-corrected chi connectivity index (χ1v) is 9.98. The summed E-state index contributed by atoms with van der Waals surface area (Å²) in [5, 5.41) is 5.66. The van der Waals surface area contributed by atoms with Gasteiger partial charge in [-0.05, 0) is 43.1 Å². The molecule has 3 aromatic rings. The summed E-state index contributed by atoms with van der Waals surface area (Å²) < 4.78 is 4.96. The lowest BCUT2D eigenvalue weighted by atomic mass is 10.3.